The Bertz CT molecular complexity index is 750. The van der Waals surface area contributed by atoms with Gasteiger partial charge in [0.05, 0.1) is 6.61 Å². The van der Waals surface area contributed by atoms with Gasteiger partial charge in [0.25, 0.3) is 0 Å². The highest BCUT2D eigenvalue weighted by atomic mass is 16.5. The second-order valence-electron chi connectivity index (χ2n) is 5.09. The van der Waals surface area contributed by atoms with Crippen molar-refractivity contribution in [1.29, 1.82) is 0 Å². The van der Waals surface area contributed by atoms with Gasteiger partial charge < -0.3 is 15.0 Å². The molecule has 0 radical (unpaired) electrons. The molecule has 0 aliphatic carbocycles. The topological polar surface area (TPSA) is 54.1 Å². The molecule has 1 aromatic heterocycles. The monoisotopic (exact) mass is 294 g/mol. The molecule has 4 heteroatoms. The van der Waals surface area contributed by atoms with Crippen LogP contribution in [0.15, 0.2) is 60.8 Å². The number of anilines is 1. The Morgan fingerprint density at radius 2 is 1.95 bits per heavy atom. The minimum atomic E-state index is 0.00238. The summed E-state index contributed by atoms with van der Waals surface area (Å²) in [6.45, 7) is 0.535. The van der Waals surface area contributed by atoms with Crippen LogP contribution in [0, 0.1) is 0 Å². The third-order valence-corrected chi connectivity index (χ3v) is 3.40. The maximum absolute atomic E-state index is 11.9. The number of nitrogens with one attached hydrogen (secondary N) is 2. The summed E-state index contributed by atoms with van der Waals surface area (Å²) >= 11 is 0. The van der Waals surface area contributed by atoms with E-state index in [2.05, 4.69) is 10.3 Å². The van der Waals surface area contributed by atoms with Gasteiger partial charge in [0.15, 0.2) is 0 Å². The number of benzene rings is 2. The van der Waals surface area contributed by atoms with E-state index in [1.54, 1.807) is 0 Å². The van der Waals surface area contributed by atoms with Crippen molar-refractivity contribution in [3.8, 4) is 5.75 Å². The zero-order valence-electron chi connectivity index (χ0n) is 12.2. The molecule has 3 rings (SSSR count). The molecule has 0 fully saturated rings. The standard InChI is InChI=1S/C18H18N2O2/c21-18(7-4-12-22-16-5-2-1-3-6-16)20-15-9-8-14-10-11-19-17(14)13-15/h1-3,5-6,8-11,13,19H,4,7,12H2,(H,20,21). The third-order valence-electron chi connectivity index (χ3n) is 3.40. The van der Waals surface area contributed by atoms with E-state index in [-0.39, 0.29) is 5.91 Å². The van der Waals surface area contributed by atoms with E-state index >= 15 is 0 Å². The van der Waals surface area contributed by atoms with Crippen molar-refractivity contribution in [3.05, 3.63) is 60.8 Å². The van der Waals surface area contributed by atoms with E-state index in [0.29, 0.717) is 19.4 Å². The third kappa shape index (κ3) is 3.67. The first-order valence-electron chi connectivity index (χ1n) is 7.36. The summed E-state index contributed by atoms with van der Waals surface area (Å²) in [6, 6.07) is 17.5. The molecule has 0 aliphatic heterocycles. The van der Waals surface area contributed by atoms with Crippen LogP contribution in [-0.2, 0) is 4.79 Å². The van der Waals surface area contributed by atoms with Crippen LogP contribution in [0.3, 0.4) is 0 Å². The van der Waals surface area contributed by atoms with E-state index in [1.165, 1.54) is 0 Å². The van der Waals surface area contributed by atoms with Gasteiger partial charge in [-0.15, -0.1) is 0 Å². The highest BCUT2D eigenvalue weighted by Gasteiger charge is 2.04. The Kier molecular flexibility index (Phi) is 4.39. The van der Waals surface area contributed by atoms with E-state index in [9.17, 15) is 4.79 Å². The smallest absolute Gasteiger partial charge is 0.224 e. The molecule has 0 saturated carbocycles. The lowest BCUT2D eigenvalue weighted by Crippen LogP contribution is -2.12. The van der Waals surface area contributed by atoms with Crippen LogP contribution in [0.2, 0.25) is 0 Å². The van der Waals surface area contributed by atoms with Crippen molar-refractivity contribution >= 4 is 22.5 Å². The minimum Gasteiger partial charge on any atom is -0.494 e. The molecule has 0 spiro atoms. The first-order chi connectivity index (χ1) is 10.8. The van der Waals surface area contributed by atoms with Crippen molar-refractivity contribution in [2.45, 2.75) is 12.8 Å². The van der Waals surface area contributed by atoms with E-state index < -0.39 is 0 Å². The molecule has 0 bridgehead atoms. The Morgan fingerprint density at radius 3 is 2.82 bits per heavy atom. The summed E-state index contributed by atoms with van der Waals surface area (Å²) in [4.78, 5) is 15.1. The van der Waals surface area contributed by atoms with Crippen LogP contribution in [0.5, 0.6) is 5.75 Å². The summed E-state index contributed by atoms with van der Waals surface area (Å²) < 4.78 is 5.57. The number of hydrogen-bond acceptors (Lipinski definition) is 2. The van der Waals surface area contributed by atoms with Gasteiger partial charge >= 0.3 is 0 Å². The predicted molar refractivity (Wildman–Crippen MR) is 88.1 cm³/mol. The fourth-order valence-corrected chi connectivity index (χ4v) is 2.29. The zero-order valence-corrected chi connectivity index (χ0v) is 12.2. The summed E-state index contributed by atoms with van der Waals surface area (Å²) in [5.74, 6) is 0.836. The van der Waals surface area contributed by atoms with Gasteiger partial charge in [-0.25, -0.2) is 0 Å². The summed E-state index contributed by atoms with van der Waals surface area (Å²) in [5.41, 5.74) is 1.83. The van der Waals surface area contributed by atoms with E-state index in [4.69, 9.17) is 4.74 Å². The van der Waals surface area contributed by atoms with Crippen LogP contribution in [-0.4, -0.2) is 17.5 Å². The minimum absolute atomic E-state index is 0.00238. The van der Waals surface area contributed by atoms with Crippen LogP contribution < -0.4 is 10.1 Å². The summed E-state index contributed by atoms with van der Waals surface area (Å²) in [5, 5.41) is 4.04. The molecule has 2 N–H and O–H groups in total. The molecule has 0 aliphatic rings. The number of amides is 1. The van der Waals surface area contributed by atoms with Gasteiger partial charge in [-0.1, -0.05) is 24.3 Å². The molecule has 2 aromatic carbocycles. The zero-order chi connectivity index (χ0) is 15.2. The highest BCUT2D eigenvalue weighted by Crippen LogP contribution is 2.18. The Morgan fingerprint density at radius 1 is 1.09 bits per heavy atom. The van der Waals surface area contributed by atoms with Gasteiger partial charge in [-0.2, -0.15) is 0 Å². The fraction of sp³-hybridized carbons (Fsp3) is 0.167. The Balaban J connectivity index is 1.44. The van der Waals surface area contributed by atoms with Crippen LogP contribution in [0.25, 0.3) is 10.9 Å². The van der Waals surface area contributed by atoms with Crippen LogP contribution in [0.1, 0.15) is 12.8 Å². The normalized spacial score (nSPS) is 10.5. The average Bonchev–Trinajstić information content (AvgIpc) is 3.00. The molecule has 22 heavy (non-hydrogen) atoms. The SMILES string of the molecule is O=C(CCCOc1ccccc1)Nc1ccc2cc[nH]c2c1. The molecule has 1 heterocycles. The van der Waals surface area contributed by atoms with Gasteiger partial charge in [-0.05, 0) is 42.1 Å². The average molecular weight is 294 g/mol. The van der Waals surface area contributed by atoms with Crippen molar-refractivity contribution in [1.82, 2.24) is 4.98 Å². The number of ether oxygens (including phenoxy) is 1. The summed E-state index contributed by atoms with van der Waals surface area (Å²) in [6.07, 6.45) is 3.01. The number of hydrogen-bond donors (Lipinski definition) is 2. The predicted octanol–water partition coefficient (Wildman–Crippen LogP) is 3.97. The lowest BCUT2D eigenvalue weighted by atomic mass is 10.2. The fourth-order valence-electron chi connectivity index (χ4n) is 2.29. The quantitative estimate of drug-likeness (QED) is 0.676. The maximum atomic E-state index is 11.9. The largest absolute Gasteiger partial charge is 0.494 e. The lowest BCUT2D eigenvalue weighted by Gasteiger charge is -2.07. The van der Waals surface area contributed by atoms with Crippen LogP contribution in [0.4, 0.5) is 5.69 Å². The number of fused-ring (bicyclic) bond motifs is 1. The van der Waals surface area contributed by atoms with Crippen molar-refractivity contribution in [2.24, 2.45) is 0 Å². The van der Waals surface area contributed by atoms with Gasteiger partial charge in [0.2, 0.25) is 5.91 Å². The second-order valence-corrected chi connectivity index (χ2v) is 5.09. The van der Waals surface area contributed by atoms with Gasteiger partial charge in [-0.3, -0.25) is 4.79 Å². The highest BCUT2D eigenvalue weighted by molar-refractivity contribution is 5.93. The molecule has 112 valence electrons. The number of aromatic nitrogens is 1. The molecule has 4 nitrogen and oxygen atoms in total. The first-order valence-corrected chi connectivity index (χ1v) is 7.36. The molecular weight excluding hydrogens is 276 g/mol. The molecule has 1 amide bonds. The number of carbonyl (C=O) groups excluding carboxylic acids is 1. The van der Waals surface area contributed by atoms with Crippen molar-refractivity contribution in [3.63, 3.8) is 0 Å². The summed E-state index contributed by atoms with van der Waals surface area (Å²) in [7, 11) is 0. The molecule has 0 unspecified atom stereocenters. The van der Waals surface area contributed by atoms with Crippen molar-refractivity contribution in [2.75, 3.05) is 11.9 Å². The Labute approximate surface area is 129 Å². The number of aromatic amines is 1. The van der Waals surface area contributed by atoms with Gasteiger partial charge in [0.1, 0.15) is 5.75 Å². The van der Waals surface area contributed by atoms with Crippen molar-refractivity contribution < 1.29 is 9.53 Å². The number of rotatable bonds is 6. The number of para-hydroxylation sites is 1. The molecule has 0 atom stereocenters. The van der Waals surface area contributed by atoms with Crippen LogP contribution >= 0.6 is 0 Å². The van der Waals surface area contributed by atoms with E-state index in [0.717, 1.165) is 22.3 Å². The van der Waals surface area contributed by atoms with E-state index in [1.807, 2.05) is 60.8 Å². The number of H-pyrrole nitrogens is 1. The van der Waals surface area contributed by atoms with Gasteiger partial charge in [0, 0.05) is 23.8 Å². The molecule has 3 aromatic rings. The number of carbonyl (C=O) groups is 1. The first kappa shape index (κ1) is 14.2. The molecular formula is C18H18N2O2. The Hall–Kier alpha value is -2.75. The maximum Gasteiger partial charge on any atom is 0.224 e. The lowest BCUT2D eigenvalue weighted by molar-refractivity contribution is -0.116. The second kappa shape index (κ2) is 6.80. The molecule has 0 saturated heterocycles.